The van der Waals surface area contributed by atoms with Crippen molar-refractivity contribution in [3.63, 3.8) is 0 Å². The van der Waals surface area contributed by atoms with Crippen molar-refractivity contribution in [1.29, 1.82) is 0 Å². The number of anilines is 2. The van der Waals surface area contributed by atoms with Crippen molar-refractivity contribution in [3.05, 3.63) is 53.6 Å². The number of amides is 2. The molecule has 3 rings (SSSR count). The van der Waals surface area contributed by atoms with Crippen LogP contribution in [0, 0.1) is 18.3 Å². The van der Waals surface area contributed by atoms with Crippen LogP contribution in [0.15, 0.2) is 42.5 Å². The molecule has 2 amide bonds. The Bertz CT molecular complexity index is 885. The molecule has 148 valence electrons. The standard InChI is InChI=1S/C23H28N2O3/c1-15(2)13-25-19-12-18(24-21(26)17-8-6-16(3)7-9-17)10-11-20(19)28-14-23(4,5)22(25)27/h6-12,15H,13-14H2,1-5H3,(H,24,26). The molecule has 0 saturated carbocycles. The lowest BCUT2D eigenvalue weighted by Gasteiger charge is -2.29. The molecule has 1 aliphatic heterocycles. The maximum absolute atomic E-state index is 13.1. The van der Waals surface area contributed by atoms with Gasteiger partial charge in [-0.1, -0.05) is 31.5 Å². The quantitative estimate of drug-likeness (QED) is 0.840. The number of carbonyl (C=O) groups excluding carboxylic acids is 2. The van der Waals surface area contributed by atoms with Crippen molar-refractivity contribution in [2.75, 3.05) is 23.4 Å². The molecule has 0 fully saturated rings. The Morgan fingerprint density at radius 3 is 2.50 bits per heavy atom. The van der Waals surface area contributed by atoms with Crippen molar-refractivity contribution in [2.45, 2.75) is 34.6 Å². The zero-order chi connectivity index (χ0) is 20.5. The molecule has 5 nitrogen and oxygen atoms in total. The summed E-state index contributed by atoms with van der Waals surface area (Å²) in [5, 5.41) is 2.93. The highest BCUT2D eigenvalue weighted by Gasteiger charge is 2.38. The number of rotatable bonds is 4. The van der Waals surface area contributed by atoms with Crippen LogP contribution in [0.1, 0.15) is 43.6 Å². The summed E-state index contributed by atoms with van der Waals surface area (Å²) in [6, 6.07) is 12.9. The predicted octanol–water partition coefficient (Wildman–Crippen LogP) is 4.65. The smallest absolute Gasteiger partial charge is 0.255 e. The fourth-order valence-corrected chi connectivity index (χ4v) is 3.18. The van der Waals surface area contributed by atoms with Gasteiger partial charge in [0.25, 0.3) is 5.91 Å². The van der Waals surface area contributed by atoms with Crippen LogP contribution in [0.2, 0.25) is 0 Å². The van der Waals surface area contributed by atoms with Crippen molar-refractivity contribution in [3.8, 4) is 5.75 Å². The van der Waals surface area contributed by atoms with E-state index in [1.54, 1.807) is 23.1 Å². The third kappa shape index (κ3) is 4.19. The summed E-state index contributed by atoms with van der Waals surface area (Å²) >= 11 is 0. The van der Waals surface area contributed by atoms with Crippen LogP contribution in [0.5, 0.6) is 5.75 Å². The summed E-state index contributed by atoms with van der Waals surface area (Å²) in [5.41, 5.74) is 2.41. The van der Waals surface area contributed by atoms with Crippen LogP contribution in [0.25, 0.3) is 0 Å². The SMILES string of the molecule is Cc1ccc(C(=O)Nc2ccc3c(c2)N(CC(C)C)C(=O)C(C)(C)CO3)cc1. The summed E-state index contributed by atoms with van der Waals surface area (Å²) in [4.78, 5) is 27.5. The number of nitrogens with zero attached hydrogens (tertiary/aromatic N) is 1. The maximum atomic E-state index is 13.1. The molecule has 5 heteroatoms. The zero-order valence-corrected chi connectivity index (χ0v) is 17.2. The highest BCUT2D eigenvalue weighted by molar-refractivity contribution is 6.05. The number of hydrogen-bond donors (Lipinski definition) is 1. The van der Waals surface area contributed by atoms with Gasteiger partial charge in [0.2, 0.25) is 5.91 Å². The second-order valence-corrected chi connectivity index (χ2v) is 8.48. The lowest BCUT2D eigenvalue weighted by atomic mass is 9.92. The highest BCUT2D eigenvalue weighted by atomic mass is 16.5. The van der Waals surface area contributed by atoms with E-state index in [-0.39, 0.29) is 11.8 Å². The van der Waals surface area contributed by atoms with Crippen LogP contribution in [-0.2, 0) is 4.79 Å². The van der Waals surface area contributed by atoms with Gasteiger partial charge in [0.15, 0.2) is 0 Å². The summed E-state index contributed by atoms with van der Waals surface area (Å²) in [5.74, 6) is 0.808. The Morgan fingerprint density at radius 1 is 1.18 bits per heavy atom. The van der Waals surface area contributed by atoms with Crippen LogP contribution >= 0.6 is 0 Å². The molecule has 0 saturated heterocycles. The minimum absolute atomic E-state index is 0.0296. The van der Waals surface area contributed by atoms with Crippen LogP contribution in [0.4, 0.5) is 11.4 Å². The summed E-state index contributed by atoms with van der Waals surface area (Å²) < 4.78 is 5.93. The molecule has 0 unspecified atom stereocenters. The molecule has 0 aromatic heterocycles. The van der Waals surface area contributed by atoms with E-state index in [0.717, 1.165) is 5.56 Å². The Balaban J connectivity index is 1.92. The number of fused-ring (bicyclic) bond motifs is 1. The maximum Gasteiger partial charge on any atom is 0.255 e. The van der Waals surface area contributed by atoms with Gasteiger partial charge in [-0.3, -0.25) is 9.59 Å². The molecule has 0 radical (unpaired) electrons. The van der Waals surface area contributed by atoms with Crippen molar-refractivity contribution < 1.29 is 14.3 Å². The van der Waals surface area contributed by atoms with Gasteiger partial charge in [0.05, 0.1) is 11.1 Å². The average molecular weight is 380 g/mol. The largest absolute Gasteiger partial charge is 0.490 e. The zero-order valence-electron chi connectivity index (χ0n) is 17.2. The Kier molecular flexibility index (Phi) is 5.45. The van der Waals surface area contributed by atoms with E-state index >= 15 is 0 Å². The summed E-state index contributed by atoms with van der Waals surface area (Å²) in [6.07, 6.45) is 0. The molecule has 28 heavy (non-hydrogen) atoms. The first-order valence-electron chi connectivity index (χ1n) is 9.64. The molecule has 0 aliphatic carbocycles. The third-order valence-electron chi connectivity index (χ3n) is 4.78. The molecular formula is C23H28N2O3. The predicted molar refractivity (Wildman–Crippen MR) is 112 cm³/mol. The fraction of sp³-hybridized carbons (Fsp3) is 0.391. The number of ether oxygens (including phenoxy) is 1. The molecule has 0 spiro atoms. The van der Waals surface area contributed by atoms with Gasteiger partial charge in [-0.15, -0.1) is 0 Å². The molecule has 1 N–H and O–H groups in total. The normalized spacial score (nSPS) is 15.6. The van der Waals surface area contributed by atoms with E-state index in [1.165, 1.54) is 0 Å². The van der Waals surface area contributed by atoms with E-state index in [2.05, 4.69) is 19.2 Å². The summed E-state index contributed by atoms with van der Waals surface area (Å²) in [7, 11) is 0. The fourth-order valence-electron chi connectivity index (χ4n) is 3.18. The average Bonchev–Trinajstić information content (AvgIpc) is 2.72. The molecule has 1 heterocycles. The van der Waals surface area contributed by atoms with Crippen LogP contribution in [-0.4, -0.2) is 25.0 Å². The van der Waals surface area contributed by atoms with E-state index in [1.807, 2.05) is 45.0 Å². The number of hydrogen-bond acceptors (Lipinski definition) is 3. The molecule has 0 bridgehead atoms. The number of benzene rings is 2. The second kappa shape index (κ2) is 7.66. The van der Waals surface area contributed by atoms with Crippen LogP contribution in [0.3, 0.4) is 0 Å². The molecule has 2 aromatic rings. The third-order valence-corrected chi connectivity index (χ3v) is 4.78. The molecular weight excluding hydrogens is 352 g/mol. The van der Waals surface area contributed by atoms with Crippen LogP contribution < -0.4 is 15.0 Å². The Labute approximate surface area is 166 Å². The first-order valence-corrected chi connectivity index (χ1v) is 9.64. The lowest BCUT2D eigenvalue weighted by Crippen LogP contribution is -2.43. The first kappa shape index (κ1) is 19.9. The van der Waals surface area contributed by atoms with Crippen molar-refractivity contribution in [2.24, 2.45) is 11.3 Å². The van der Waals surface area contributed by atoms with Gasteiger partial charge in [0.1, 0.15) is 12.4 Å². The van der Waals surface area contributed by atoms with Gasteiger partial charge in [-0.25, -0.2) is 0 Å². The van der Waals surface area contributed by atoms with Gasteiger partial charge >= 0.3 is 0 Å². The Morgan fingerprint density at radius 2 is 1.86 bits per heavy atom. The number of aryl methyl sites for hydroxylation is 1. The minimum atomic E-state index is -0.612. The van der Waals surface area contributed by atoms with E-state index in [4.69, 9.17) is 4.74 Å². The number of carbonyl (C=O) groups is 2. The van der Waals surface area contributed by atoms with E-state index in [9.17, 15) is 9.59 Å². The topological polar surface area (TPSA) is 58.6 Å². The number of nitrogens with one attached hydrogen (secondary N) is 1. The minimum Gasteiger partial charge on any atom is -0.490 e. The van der Waals surface area contributed by atoms with Crippen molar-refractivity contribution >= 4 is 23.2 Å². The lowest BCUT2D eigenvalue weighted by molar-refractivity contribution is -0.127. The second-order valence-electron chi connectivity index (χ2n) is 8.48. The molecule has 0 atom stereocenters. The van der Waals surface area contributed by atoms with Gasteiger partial charge in [0, 0.05) is 17.8 Å². The monoisotopic (exact) mass is 380 g/mol. The van der Waals surface area contributed by atoms with Gasteiger partial charge in [-0.2, -0.15) is 0 Å². The van der Waals surface area contributed by atoms with Gasteiger partial charge < -0.3 is 15.0 Å². The van der Waals surface area contributed by atoms with E-state index < -0.39 is 5.41 Å². The van der Waals surface area contributed by atoms with Gasteiger partial charge in [-0.05, 0) is 57.0 Å². The van der Waals surface area contributed by atoms with Crippen molar-refractivity contribution in [1.82, 2.24) is 0 Å². The summed E-state index contributed by atoms with van der Waals surface area (Å²) in [6.45, 7) is 10.8. The highest BCUT2D eigenvalue weighted by Crippen LogP contribution is 2.38. The molecule has 2 aromatic carbocycles. The molecule has 1 aliphatic rings. The first-order chi connectivity index (χ1) is 13.2. The Hall–Kier alpha value is -2.82. The van der Waals surface area contributed by atoms with E-state index in [0.29, 0.717) is 41.8 Å².